The molecule has 0 bridgehead atoms. The summed E-state index contributed by atoms with van der Waals surface area (Å²) < 4.78 is 19.1. The van der Waals surface area contributed by atoms with Crippen LogP contribution in [-0.4, -0.2) is 21.3 Å². The lowest BCUT2D eigenvalue weighted by Crippen LogP contribution is -2.09. The Balaban J connectivity index is 2.38. The third-order valence-electron chi connectivity index (χ3n) is 3.27. The van der Waals surface area contributed by atoms with Gasteiger partial charge in [0.1, 0.15) is 0 Å². The number of hydrogen-bond donors (Lipinski definition) is 0. The Morgan fingerprint density at radius 1 is 0.960 bits per heavy atom. The zero-order valence-electron chi connectivity index (χ0n) is 13.6. The average molecular weight is 406 g/mol. The zero-order chi connectivity index (χ0) is 18.6. The highest BCUT2D eigenvalue weighted by Crippen LogP contribution is 2.39. The van der Waals surface area contributed by atoms with Crippen molar-refractivity contribution in [2.75, 3.05) is 21.3 Å². The van der Waals surface area contributed by atoms with E-state index >= 15 is 0 Å². The number of alkyl halides is 3. The van der Waals surface area contributed by atoms with Crippen LogP contribution in [0, 0.1) is 0 Å². The van der Waals surface area contributed by atoms with Crippen molar-refractivity contribution in [2.45, 2.75) is 3.79 Å². The van der Waals surface area contributed by atoms with E-state index in [1.165, 1.54) is 33.5 Å². The Hall–Kier alpha value is -1.82. The van der Waals surface area contributed by atoms with E-state index in [4.69, 9.17) is 53.4 Å². The fourth-order valence-electron chi connectivity index (χ4n) is 2.09. The molecule has 0 aliphatic heterocycles. The summed E-state index contributed by atoms with van der Waals surface area (Å²) in [7, 11) is 4.57. The molecule has 0 saturated heterocycles. The molecule has 0 spiro atoms. The minimum Gasteiger partial charge on any atom is -0.493 e. The van der Waals surface area contributed by atoms with Crippen LogP contribution in [-0.2, 0) is 3.79 Å². The van der Waals surface area contributed by atoms with Gasteiger partial charge in [-0.05, 0) is 35.9 Å². The van der Waals surface area contributed by atoms with E-state index in [-0.39, 0.29) is 5.76 Å². The maximum Gasteiger partial charge on any atom is 0.343 e. The molecule has 2 rings (SSSR count). The van der Waals surface area contributed by atoms with Gasteiger partial charge in [-0.25, -0.2) is 4.79 Å². The van der Waals surface area contributed by atoms with Crippen LogP contribution in [0.3, 0.4) is 0 Å². The van der Waals surface area contributed by atoms with Gasteiger partial charge in [0.25, 0.3) is 0 Å². The van der Waals surface area contributed by atoms with E-state index in [0.29, 0.717) is 22.8 Å². The molecule has 0 aliphatic rings. The van der Waals surface area contributed by atoms with Gasteiger partial charge in [0, 0.05) is 0 Å². The van der Waals surface area contributed by atoms with E-state index in [9.17, 15) is 4.79 Å². The molecular formula is C17H15Cl3O5. The number of halogens is 3. The highest BCUT2D eigenvalue weighted by atomic mass is 35.6. The van der Waals surface area contributed by atoms with E-state index in [1.54, 1.807) is 24.3 Å². The molecule has 1 aromatic carbocycles. The number of rotatable bonds is 5. The van der Waals surface area contributed by atoms with E-state index < -0.39 is 9.42 Å². The lowest BCUT2D eigenvalue weighted by Gasteiger charge is -2.12. The van der Waals surface area contributed by atoms with Gasteiger partial charge in [-0.3, -0.25) is 0 Å². The lowest BCUT2D eigenvalue weighted by molar-refractivity contribution is 0.324. The van der Waals surface area contributed by atoms with Crippen LogP contribution in [0.15, 0.2) is 33.5 Å². The molecule has 2 aromatic rings. The summed E-state index contributed by atoms with van der Waals surface area (Å²) in [5, 5.41) is 0. The minimum atomic E-state index is -1.79. The summed E-state index contributed by atoms with van der Waals surface area (Å²) in [4.78, 5) is 12.0. The first kappa shape index (κ1) is 19.5. The monoisotopic (exact) mass is 404 g/mol. The van der Waals surface area contributed by atoms with Gasteiger partial charge >= 0.3 is 5.63 Å². The first-order chi connectivity index (χ1) is 11.8. The van der Waals surface area contributed by atoms with Gasteiger partial charge in [-0.15, -0.1) is 0 Å². The fraction of sp³-hybridized carbons (Fsp3) is 0.235. The van der Waals surface area contributed by atoms with Gasteiger partial charge in [0.15, 0.2) is 17.3 Å². The maximum absolute atomic E-state index is 12.0. The topological polar surface area (TPSA) is 57.9 Å². The van der Waals surface area contributed by atoms with E-state index in [1.807, 2.05) is 0 Å². The Kier molecular flexibility index (Phi) is 6.27. The van der Waals surface area contributed by atoms with Crippen molar-refractivity contribution in [2.24, 2.45) is 0 Å². The van der Waals surface area contributed by atoms with E-state index in [2.05, 4.69) is 0 Å². The summed E-state index contributed by atoms with van der Waals surface area (Å²) in [6, 6.07) is 6.44. The molecule has 1 heterocycles. The summed E-state index contributed by atoms with van der Waals surface area (Å²) >= 11 is 17.1. The quantitative estimate of drug-likeness (QED) is 0.677. The van der Waals surface area contributed by atoms with Gasteiger partial charge in [-0.1, -0.05) is 40.9 Å². The van der Waals surface area contributed by atoms with Crippen LogP contribution in [0.4, 0.5) is 0 Å². The number of methoxy groups -OCH3 is 3. The Bertz CT molecular complexity index is 812. The molecule has 0 radical (unpaired) electrons. The molecule has 0 fully saturated rings. The molecule has 0 aliphatic carbocycles. The SMILES string of the molecule is COc1cc(C=Cc2ccc(C(Cl)(Cl)Cl)oc2=O)cc(OC)c1OC. The smallest absolute Gasteiger partial charge is 0.343 e. The molecule has 0 unspecified atom stereocenters. The second-order valence-corrected chi connectivity index (χ2v) is 7.11. The highest BCUT2D eigenvalue weighted by Gasteiger charge is 2.26. The van der Waals surface area contributed by atoms with Crippen molar-refractivity contribution in [3.8, 4) is 17.2 Å². The second-order valence-electron chi connectivity index (χ2n) is 4.83. The molecule has 0 N–H and O–H groups in total. The van der Waals surface area contributed by atoms with Crippen molar-refractivity contribution in [3.63, 3.8) is 0 Å². The third kappa shape index (κ3) is 4.63. The molecule has 8 heteroatoms. The highest BCUT2D eigenvalue weighted by molar-refractivity contribution is 6.66. The van der Waals surface area contributed by atoms with Gasteiger partial charge < -0.3 is 18.6 Å². The Morgan fingerprint density at radius 3 is 2.00 bits per heavy atom. The Morgan fingerprint density at radius 2 is 1.56 bits per heavy atom. The van der Waals surface area contributed by atoms with E-state index in [0.717, 1.165) is 5.56 Å². The van der Waals surface area contributed by atoms with Gasteiger partial charge in [0.05, 0.1) is 26.9 Å². The first-order valence-electron chi connectivity index (χ1n) is 6.99. The summed E-state index contributed by atoms with van der Waals surface area (Å²) in [5.74, 6) is 1.43. The minimum absolute atomic E-state index is 0.0487. The molecule has 134 valence electrons. The average Bonchev–Trinajstić information content (AvgIpc) is 2.58. The van der Waals surface area contributed by atoms with Gasteiger partial charge in [-0.2, -0.15) is 0 Å². The Labute approximate surface area is 159 Å². The standard InChI is InChI=1S/C17H15Cl3O5/c1-22-12-8-10(9-13(23-2)15(12)24-3)4-5-11-6-7-14(17(18,19)20)25-16(11)21/h4-9H,1-3H3. The molecule has 0 amide bonds. The molecule has 0 saturated carbocycles. The van der Waals surface area contributed by atoms with Crippen molar-refractivity contribution in [3.05, 3.63) is 51.6 Å². The predicted molar refractivity (Wildman–Crippen MR) is 99.2 cm³/mol. The largest absolute Gasteiger partial charge is 0.493 e. The summed E-state index contributed by atoms with van der Waals surface area (Å²) in [6.07, 6.45) is 3.28. The van der Waals surface area contributed by atoms with Crippen molar-refractivity contribution in [1.82, 2.24) is 0 Å². The molecule has 5 nitrogen and oxygen atoms in total. The number of ether oxygens (including phenoxy) is 3. The van der Waals surface area contributed by atoms with Crippen LogP contribution in [0.25, 0.3) is 12.2 Å². The molecular weight excluding hydrogens is 391 g/mol. The fourth-order valence-corrected chi connectivity index (χ4v) is 2.39. The normalized spacial score (nSPS) is 11.6. The van der Waals surface area contributed by atoms with Crippen LogP contribution in [0.2, 0.25) is 0 Å². The van der Waals surface area contributed by atoms with Crippen LogP contribution in [0.1, 0.15) is 16.9 Å². The zero-order valence-corrected chi connectivity index (χ0v) is 15.9. The van der Waals surface area contributed by atoms with Crippen LogP contribution < -0.4 is 19.8 Å². The van der Waals surface area contributed by atoms with Crippen LogP contribution in [0.5, 0.6) is 17.2 Å². The summed E-state index contributed by atoms with van der Waals surface area (Å²) in [5.41, 5.74) is 0.415. The number of benzene rings is 1. The maximum atomic E-state index is 12.0. The second kappa shape index (κ2) is 8.04. The van der Waals surface area contributed by atoms with Crippen molar-refractivity contribution < 1.29 is 18.6 Å². The van der Waals surface area contributed by atoms with Crippen molar-refractivity contribution >= 4 is 47.0 Å². The predicted octanol–water partition coefficient (Wildman–Crippen LogP) is 4.66. The summed E-state index contributed by atoms with van der Waals surface area (Å²) in [6.45, 7) is 0. The third-order valence-corrected chi connectivity index (χ3v) is 3.83. The lowest BCUT2D eigenvalue weighted by atomic mass is 10.1. The van der Waals surface area contributed by atoms with Gasteiger partial charge in [0.2, 0.25) is 9.54 Å². The van der Waals surface area contributed by atoms with Crippen LogP contribution >= 0.6 is 34.8 Å². The van der Waals surface area contributed by atoms with Crippen molar-refractivity contribution in [1.29, 1.82) is 0 Å². The number of hydrogen-bond acceptors (Lipinski definition) is 5. The molecule has 1 aromatic heterocycles. The first-order valence-corrected chi connectivity index (χ1v) is 8.13. The molecule has 25 heavy (non-hydrogen) atoms. The molecule has 0 atom stereocenters.